The first kappa shape index (κ1) is 29.3. The van der Waals surface area contributed by atoms with Crippen molar-refractivity contribution in [3.8, 4) is 0 Å². The smallest absolute Gasteiger partial charge is 0.184 e. The maximum Gasteiger partial charge on any atom is 0.184 e. The largest absolute Gasteiger partial charge is 0.253 e. The Kier molecular flexibility index (Phi) is 7.98. The van der Waals surface area contributed by atoms with Gasteiger partial charge in [0.05, 0.1) is 11.4 Å². The summed E-state index contributed by atoms with van der Waals surface area (Å²) in [5, 5.41) is 8.16. The fourth-order valence-corrected chi connectivity index (χ4v) is 16.2. The number of benzene rings is 2. The number of hydrogen-bond acceptors (Lipinski definition) is 2. The molecule has 0 unspecified atom stereocenters. The third-order valence-corrected chi connectivity index (χ3v) is 15.7. The highest BCUT2D eigenvalue weighted by molar-refractivity contribution is 7.89. The van der Waals surface area contributed by atoms with E-state index < -0.39 is 15.0 Å². The normalized spacial score (nSPS) is 24.3. The van der Waals surface area contributed by atoms with Gasteiger partial charge >= 0.3 is 0 Å². The fraction of sp³-hybridized carbons (Fsp3) is 0.571. The molecule has 0 radical (unpaired) electrons. The minimum atomic E-state index is -2.49. The number of hydrogen-bond donors (Lipinski definition) is 2. The average Bonchev–Trinajstić information content (AvgIpc) is 2.63. The van der Waals surface area contributed by atoms with E-state index in [1.54, 1.807) is 0 Å². The van der Waals surface area contributed by atoms with E-state index in [0.717, 1.165) is 11.4 Å². The van der Waals surface area contributed by atoms with E-state index in [1.165, 1.54) is 0 Å². The van der Waals surface area contributed by atoms with E-state index >= 15 is 0 Å². The highest BCUT2D eigenvalue weighted by atomic mass is 31.3. The van der Waals surface area contributed by atoms with Crippen molar-refractivity contribution in [1.29, 1.82) is 0 Å². The lowest BCUT2D eigenvalue weighted by atomic mass is 10.1. The van der Waals surface area contributed by atoms with Crippen molar-refractivity contribution in [3.63, 3.8) is 0 Å². The maximum absolute atomic E-state index is 5.62. The Morgan fingerprint density at radius 1 is 0.500 bits per heavy atom. The lowest BCUT2D eigenvalue weighted by molar-refractivity contribution is 0.247. The molecule has 2 aromatic rings. The summed E-state index contributed by atoms with van der Waals surface area (Å²) in [6.07, 6.45) is 0. The molecular weight excluding hydrogens is 482 g/mol. The van der Waals surface area contributed by atoms with Crippen LogP contribution in [0.25, 0.3) is 0 Å². The molecule has 0 atom stereocenters. The van der Waals surface area contributed by atoms with Crippen LogP contribution in [0.2, 0.25) is 0 Å². The van der Waals surface area contributed by atoms with Gasteiger partial charge in [-0.3, -0.25) is 10.2 Å². The third kappa shape index (κ3) is 6.23. The topological polar surface area (TPSA) is 55.3 Å². The summed E-state index contributed by atoms with van der Waals surface area (Å²) >= 11 is 0. The van der Waals surface area contributed by atoms with Gasteiger partial charge in [0.1, 0.15) is 0 Å². The fourth-order valence-electron chi connectivity index (χ4n) is 4.77. The van der Waals surface area contributed by atoms with Gasteiger partial charge in [-0.25, -0.2) is 9.49 Å². The minimum Gasteiger partial charge on any atom is -0.253 e. The molecule has 2 aromatic carbocycles. The Morgan fingerprint density at radius 3 is 1.00 bits per heavy atom. The van der Waals surface area contributed by atoms with Crippen LogP contribution in [0.1, 0.15) is 83.1 Å². The van der Waals surface area contributed by atoms with Crippen LogP contribution in [0.4, 0.5) is 11.4 Å². The Bertz CT molecular complexity index is 1040. The van der Waals surface area contributed by atoms with Crippen LogP contribution in [-0.2, 0) is 0 Å². The van der Waals surface area contributed by atoms with Gasteiger partial charge in [0, 0.05) is 22.2 Å². The molecule has 0 bridgehead atoms. The molecule has 2 N–H and O–H groups in total. The standard InChI is InChI=1S/C28H48N6P2/c1-25(2,3)31-35(29-23-19-15-13-16-20-23)33(27(7,8)9)36(32-26(4,5)6,34(35)28(10,11)12)30-24-21-17-14-18-22-24/h13-22,31-32H,1-12H3. The molecule has 0 saturated carbocycles. The molecule has 3 rings (SSSR count). The second-order valence-electron chi connectivity index (χ2n) is 13.7. The summed E-state index contributed by atoms with van der Waals surface area (Å²) < 4.78 is 16.5. The van der Waals surface area contributed by atoms with Gasteiger partial charge in [0.2, 0.25) is 0 Å². The lowest BCUT2D eigenvalue weighted by Crippen LogP contribution is -2.65. The van der Waals surface area contributed by atoms with Crippen molar-refractivity contribution in [1.82, 2.24) is 19.1 Å². The Labute approximate surface area is 220 Å². The monoisotopic (exact) mass is 530 g/mol. The highest BCUT2D eigenvalue weighted by Crippen LogP contribution is 2.90. The summed E-state index contributed by atoms with van der Waals surface area (Å²) in [4.78, 5) is 0. The van der Waals surface area contributed by atoms with Crippen molar-refractivity contribution in [2.75, 3.05) is 0 Å². The van der Waals surface area contributed by atoms with Crippen molar-refractivity contribution in [2.45, 2.75) is 105 Å². The number of nitrogens with one attached hydrogen (secondary N) is 2. The van der Waals surface area contributed by atoms with Crippen LogP contribution < -0.4 is 10.2 Å². The summed E-state index contributed by atoms with van der Waals surface area (Å²) in [7, 11) is -4.97. The first-order valence-electron chi connectivity index (χ1n) is 12.9. The van der Waals surface area contributed by atoms with Gasteiger partial charge in [-0.15, -0.1) is 0 Å². The average molecular weight is 531 g/mol. The third-order valence-electron chi connectivity index (χ3n) is 5.25. The number of nitrogens with zero attached hydrogens (tertiary/aromatic N) is 4. The Hall–Kier alpha value is -1.26. The van der Waals surface area contributed by atoms with Crippen LogP contribution in [0.15, 0.2) is 70.2 Å². The molecule has 1 heterocycles. The van der Waals surface area contributed by atoms with Gasteiger partial charge in [0.25, 0.3) is 0 Å². The van der Waals surface area contributed by atoms with Gasteiger partial charge in [-0.2, -0.15) is 8.88 Å². The predicted molar refractivity (Wildman–Crippen MR) is 160 cm³/mol. The molecule has 6 nitrogen and oxygen atoms in total. The summed E-state index contributed by atoms with van der Waals surface area (Å²) in [6.45, 7) is 27.2. The van der Waals surface area contributed by atoms with Crippen molar-refractivity contribution < 1.29 is 0 Å². The number of rotatable bonds is 4. The molecule has 1 aliphatic rings. The second-order valence-corrected chi connectivity index (χ2v) is 19.0. The zero-order valence-electron chi connectivity index (χ0n) is 24.5. The minimum absolute atomic E-state index is 0.163. The van der Waals surface area contributed by atoms with E-state index in [0.29, 0.717) is 0 Å². The molecule has 0 spiro atoms. The molecule has 36 heavy (non-hydrogen) atoms. The van der Waals surface area contributed by atoms with Crippen LogP contribution >= 0.6 is 15.0 Å². The van der Waals surface area contributed by atoms with Gasteiger partial charge in [-0.1, -0.05) is 36.4 Å². The molecule has 1 aliphatic heterocycles. The quantitative estimate of drug-likeness (QED) is 0.387. The molecule has 1 fully saturated rings. The molecule has 0 amide bonds. The second kappa shape index (κ2) is 9.80. The Balaban J connectivity index is 2.52. The van der Waals surface area contributed by atoms with Crippen molar-refractivity contribution in [3.05, 3.63) is 60.7 Å². The van der Waals surface area contributed by atoms with Crippen molar-refractivity contribution in [2.24, 2.45) is 9.49 Å². The van der Waals surface area contributed by atoms with Gasteiger partial charge < -0.3 is 0 Å². The first-order valence-corrected chi connectivity index (χ1v) is 16.2. The first-order chi connectivity index (χ1) is 16.3. The summed E-state index contributed by atoms with van der Waals surface area (Å²) in [5.41, 5.74) is 1.22. The zero-order chi connectivity index (χ0) is 27.2. The van der Waals surface area contributed by atoms with E-state index in [4.69, 9.17) is 9.49 Å². The van der Waals surface area contributed by atoms with Crippen LogP contribution in [0.3, 0.4) is 0 Å². The van der Waals surface area contributed by atoms with Crippen LogP contribution in [-0.4, -0.2) is 31.0 Å². The molecular formula is C28H48N6P2. The van der Waals surface area contributed by atoms with E-state index in [-0.39, 0.29) is 22.2 Å². The molecule has 200 valence electrons. The van der Waals surface area contributed by atoms with Crippen molar-refractivity contribution >= 4 is 26.4 Å². The zero-order valence-corrected chi connectivity index (χ0v) is 26.2. The van der Waals surface area contributed by atoms with E-state index in [2.05, 4.69) is 151 Å². The SMILES string of the molecule is CC(C)(C)NP1(=Nc2ccccc2)N(C(C)(C)C)P(=Nc2ccccc2)(NC(C)(C)C)N1C(C)(C)C. The summed E-state index contributed by atoms with van der Waals surface area (Å²) in [5.74, 6) is 0. The van der Waals surface area contributed by atoms with Gasteiger partial charge in [-0.05, 0) is 107 Å². The van der Waals surface area contributed by atoms with E-state index in [9.17, 15) is 0 Å². The maximum atomic E-state index is 5.62. The Morgan fingerprint density at radius 2 is 0.778 bits per heavy atom. The molecule has 0 aromatic heterocycles. The molecule has 1 saturated heterocycles. The molecule has 0 aliphatic carbocycles. The lowest BCUT2D eigenvalue weighted by Gasteiger charge is -2.71. The van der Waals surface area contributed by atoms with E-state index in [1.807, 2.05) is 12.1 Å². The van der Waals surface area contributed by atoms with Gasteiger partial charge in [0.15, 0.2) is 15.0 Å². The molecule has 8 heteroatoms. The van der Waals surface area contributed by atoms with Crippen LogP contribution in [0, 0.1) is 0 Å². The highest BCUT2D eigenvalue weighted by Gasteiger charge is 2.68. The predicted octanol–water partition coefficient (Wildman–Crippen LogP) is 9.53. The summed E-state index contributed by atoms with van der Waals surface area (Å²) in [6, 6.07) is 20.8. The van der Waals surface area contributed by atoms with Crippen LogP contribution in [0.5, 0.6) is 0 Å².